The third kappa shape index (κ3) is 4.18. The Balaban J connectivity index is 1.69. The molecule has 2 aromatic carbocycles. The van der Waals surface area contributed by atoms with E-state index in [1.54, 1.807) is 47.4 Å². The van der Waals surface area contributed by atoms with Crippen LogP contribution in [-0.4, -0.2) is 36.3 Å². The molecule has 136 valence electrons. The molecule has 0 N–H and O–H groups in total. The van der Waals surface area contributed by atoms with Gasteiger partial charge in [0.1, 0.15) is 24.7 Å². The summed E-state index contributed by atoms with van der Waals surface area (Å²) in [4.78, 5) is 24.3. The molecule has 0 spiro atoms. The van der Waals surface area contributed by atoms with Gasteiger partial charge in [0, 0.05) is 18.1 Å². The second-order valence-electron chi connectivity index (χ2n) is 5.95. The van der Waals surface area contributed by atoms with Crippen LogP contribution in [0.25, 0.3) is 0 Å². The third-order valence-corrected chi connectivity index (χ3v) is 4.83. The maximum absolute atomic E-state index is 12.0. The van der Waals surface area contributed by atoms with Gasteiger partial charge in [-0.05, 0) is 36.4 Å². The van der Waals surface area contributed by atoms with E-state index < -0.39 is 6.23 Å². The van der Waals surface area contributed by atoms with E-state index in [9.17, 15) is 9.59 Å². The Bertz CT molecular complexity index is 810. The van der Waals surface area contributed by atoms with Gasteiger partial charge < -0.3 is 14.4 Å². The monoisotopic (exact) mass is 393 g/mol. The molecule has 0 unspecified atom stereocenters. The van der Waals surface area contributed by atoms with E-state index in [4.69, 9.17) is 32.7 Å². The van der Waals surface area contributed by atoms with Crippen molar-refractivity contribution in [3.8, 4) is 5.75 Å². The van der Waals surface area contributed by atoms with Gasteiger partial charge in [-0.15, -0.1) is 0 Å². The summed E-state index contributed by atoms with van der Waals surface area (Å²) >= 11 is 12.0. The molecule has 1 saturated heterocycles. The van der Waals surface area contributed by atoms with Crippen LogP contribution >= 0.6 is 23.2 Å². The molecule has 7 heteroatoms. The van der Waals surface area contributed by atoms with Crippen molar-refractivity contribution in [3.05, 3.63) is 63.6 Å². The fraction of sp³-hybridized carbons (Fsp3) is 0.263. The Hall–Kier alpha value is -2.08. The molecule has 5 nitrogen and oxygen atoms in total. The van der Waals surface area contributed by atoms with E-state index in [0.29, 0.717) is 27.9 Å². The van der Waals surface area contributed by atoms with Crippen molar-refractivity contribution in [2.75, 3.05) is 13.2 Å². The third-order valence-electron chi connectivity index (χ3n) is 4.09. The van der Waals surface area contributed by atoms with Gasteiger partial charge in [-0.1, -0.05) is 29.3 Å². The minimum absolute atomic E-state index is 0.0982. The van der Waals surface area contributed by atoms with Crippen LogP contribution in [0.1, 0.15) is 29.1 Å². The van der Waals surface area contributed by atoms with Crippen molar-refractivity contribution < 1.29 is 19.1 Å². The maximum Gasteiger partial charge on any atom is 0.221 e. The number of rotatable bonds is 5. The van der Waals surface area contributed by atoms with Crippen LogP contribution in [0.3, 0.4) is 0 Å². The van der Waals surface area contributed by atoms with Crippen LogP contribution < -0.4 is 4.74 Å². The van der Waals surface area contributed by atoms with Crippen molar-refractivity contribution in [2.24, 2.45) is 0 Å². The first-order chi connectivity index (χ1) is 12.5. The minimum Gasteiger partial charge on any atom is -0.491 e. The van der Waals surface area contributed by atoms with Crippen LogP contribution in [0, 0.1) is 0 Å². The second kappa shape index (κ2) is 8.08. The van der Waals surface area contributed by atoms with Crippen LogP contribution in [-0.2, 0) is 9.53 Å². The number of hydrogen-bond acceptors (Lipinski definition) is 4. The highest BCUT2D eigenvalue weighted by molar-refractivity contribution is 6.42. The minimum atomic E-state index is -0.534. The fourth-order valence-corrected chi connectivity index (χ4v) is 3.06. The zero-order valence-corrected chi connectivity index (χ0v) is 15.5. The summed E-state index contributed by atoms with van der Waals surface area (Å²) in [5.74, 6) is 0.533. The van der Waals surface area contributed by atoms with Gasteiger partial charge in [0.2, 0.25) is 5.91 Å². The standard InChI is InChI=1S/C19H17Cl2NO4/c1-12(24)22-9-16(11-25-15-5-2-13(10-23)3-6-15)26-19(22)14-4-7-17(20)18(21)8-14/h2-8,10,16,19H,9,11H2,1H3/t16-,19-/m0/s1. The fourth-order valence-electron chi connectivity index (χ4n) is 2.76. The summed E-state index contributed by atoms with van der Waals surface area (Å²) in [5.41, 5.74) is 1.34. The van der Waals surface area contributed by atoms with Gasteiger partial charge in [0.15, 0.2) is 6.23 Å². The molecule has 3 rings (SSSR count). The maximum atomic E-state index is 12.0. The number of hydrogen-bond donors (Lipinski definition) is 0. The predicted octanol–water partition coefficient (Wildman–Crippen LogP) is 4.13. The lowest BCUT2D eigenvalue weighted by molar-refractivity contribution is -0.134. The molecule has 1 aliphatic rings. The highest BCUT2D eigenvalue weighted by Gasteiger charge is 2.36. The number of halogens is 2. The molecular formula is C19H17Cl2NO4. The van der Waals surface area contributed by atoms with Gasteiger partial charge in [0.05, 0.1) is 16.6 Å². The molecule has 1 aliphatic heterocycles. The lowest BCUT2D eigenvalue weighted by Gasteiger charge is -2.22. The Morgan fingerprint density at radius 3 is 2.58 bits per heavy atom. The Morgan fingerprint density at radius 1 is 1.23 bits per heavy atom. The number of benzene rings is 2. The molecule has 0 aromatic heterocycles. The van der Waals surface area contributed by atoms with E-state index in [1.807, 2.05) is 0 Å². The zero-order valence-electron chi connectivity index (χ0n) is 14.0. The van der Waals surface area contributed by atoms with Gasteiger partial charge in [-0.25, -0.2) is 0 Å². The molecule has 1 fully saturated rings. The summed E-state index contributed by atoms with van der Waals surface area (Å²) < 4.78 is 11.7. The topological polar surface area (TPSA) is 55.8 Å². The van der Waals surface area contributed by atoms with Crippen LogP contribution in [0.4, 0.5) is 0 Å². The number of carbonyl (C=O) groups is 2. The SMILES string of the molecule is CC(=O)N1C[C@@H](COc2ccc(C=O)cc2)O[C@H]1c1ccc(Cl)c(Cl)c1. The van der Waals surface area contributed by atoms with E-state index in [2.05, 4.69) is 0 Å². The van der Waals surface area contributed by atoms with E-state index >= 15 is 0 Å². The Morgan fingerprint density at radius 2 is 1.96 bits per heavy atom. The number of nitrogens with zero attached hydrogens (tertiary/aromatic N) is 1. The van der Waals surface area contributed by atoms with E-state index in [0.717, 1.165) is 11.8 Å². The average molecular weight is 394 g/mol. The normalized spacial score (nSPS) is 19.4. The van der Waals surface area contributed by atoms with Crippen molar-refractivity contribution >= 4 is 35.4 Å². The van der Waals surface area contributed by atoms with Crippen LogP contribution in [0.5, 0.6) is 5.75 Å². The summed E-state index contributed by atoms with van der Waals surface area (Å²) in [6, 6.07) is 12.0. The Kier molecular flexibility index (Phi) is 5.81. The van der Waals surface area contributed by atoms with Gasteiger partial charge in [-0.3, -0.25) is 9.59 Å². The number of ether oxygens (including phenoxy) is 2. The largest absolute Gasteiger partial charge is 0.491 e. The molecule has 0 bridgehead atoms. The van der Waals surface area contributed by atoms with Crippen LogP contribution in [0.2, 0.25) is 10.0 Å². The van der Waals surface area contributed by atoms with Gasteiger partial charge in [0.25, 0.3) is 0 Å². The average Bonchev–Trinajstić information content (AvgIpc) is 3.07. The smallest absolute Gasteiger partial charge is 0.221 e. The second-order valence-corrected chi connectivity index (χ2v) is 6.77. The molecule has 26 heavy (non-hydrogen) atoms. The molecule has 0 radical (unpaired) electrons. The highest BCUT2D eigenvalue weighted by atomic mass is 35.5. The van der Waals surface area contributed by atoms with Crippen molar-refractivity contribution in [3.63, 3.8) is 0 Å². The molecule has 0 saturated carbocycles. The lowest BCUT2D eigenvalue weighted by Crippen LogP contribution is -2.30. The molecule has 2 aromatic rings. The van der Waals surface area contributed by atoms with Crippen molar-refractivity contribution in [2.45, 2.75) is 19.3 Å². The predicted molar refractivity (Wildman–Crippen MR) is 98.8 cm³/mol. The first-order valence-corrected chi connectivity index (χ1v) is 8.79. The highest BCUT2D eigenvalue weighted by Crippen LogP contribution is 2.34. The molecule has 1 heterocycles. The first kappa shape index (κ1) is 18.7. The molecular weight excluding hydrogens is 377 g/mol. The van der Waals surface area contributed by atoms with Crippen LogP contribution in [0.15, 0.2) is 42.5 Å². The number of carbonyl (C=O) groups excluding carboxylic acids is 2. The zero-order chi connectivity index (χ0) is 18.7. The quantitative estimate of drug-likeness (QED) is 0.716. The van der Waals surface area contributed by atoms with E-state index in [-0.39, 0.29) is 18.6 Å². The first-order valence-electron chi connectivity index (χ1n) is 8.03. The number of aldehydes is 1. The summed E-state index contributed by atoms with van der Waals surface area (Å²) in [7, 11) is 0. The summed E-state index contributed by atoms with van der Waals surface area (Å²) in [6.45, 7) is 2.18. The lowest BCUT2D eigenvalue weighted by atomic mass is 10.2. The van der Waals surface area contributed by atoms with Crippen molar-refractivity contribution in [1.82, 2.24) is 4.90 Å². The molecule has 2 atom stereocenters. The molecule has 0 aliphatic carbocycles. The molecule has 1 amide bonds. The summed E-state index contributed by atoms with van der Waals surface area (Å²) in [5, 5.41) is 0.854. The van der Waals surface area contributed by atoms with E-state index in [1.165, 1.54) is 6.92 Å². The Labute approximate surface area is 161 Å². The van der Waals surface area contributed by atoms with Gasteiger partial charge >= 0.3 is 0 Å². The number of amides is 1. The summed E-state index contributed by atoms with van der Waals surface area (Å²) in [6.07, 6.45) is -0.0476. The van der Waals surface area contributed by atoms with Gasteiger partial charge in [-0.2, -0.15) is 0 Å². The van der Waals surface area contributed by atoms with Crippen molar-refractivity contribution in [1.29, 1.82) is 0 Å².